The van der Waals surface area contributed by atoms with Crippen LogP contribution in [-0.2, 0) is 9.53 Å². The number of hydrogen-bond acceptors (Lipinski definition) is 7. The fourth-order valence-electron chi connectivity index (χ4n) is 2.48. The Balaban J connectivity index is 1.94. The second-order valence-electron chi connectivity index (χ2n) is 4.99. The number of anilines is 1. The molecule has 22 heavy (non-hydrogen) atoms. The lowest BCUT2D eigenvalue weighted by Gasteiger charge is -2.35. The first-order valence-corrected chi connectivity index (χ1v) is 7.82. The second kappa shape index (κ2) is 5.88. The molecule has 0 unspecified atom stereocenters. The van der Waals surface area contributed by atoms with Gasteiger partial charge in [0.25, 0.3) is 0 Å². The van der Waals surface area contributed by atoms with E-state index >= 15 is 0 Å². The average Bonchev–Trinajstić information content (AvgIpc) is 3.01. The van der Waals surface area contributed by atoms with Gasteiger partial charge in [0.1, 0.15) is 0 Å². The molecule has 0 spiro atoms. The zero-order valence-corrected chi connectivity index (χ0v) is 13.2. The summed E-state index contributed by atoms with van der Waals surface area (Å²) in [5.74, 6) is 0.344. The van der Waals surface area contributed by atoms with E-state index in [1.807, 2.05) is 16.3 Å². The summed E-state index contributed by atoms with van der Waals surface area (Å²) in [5.41, 5.74) is 0.740. The minimum absolute atomic E-state index is 0.0670. The molecule has 0 saturated carbocycles. The van der Waals surface area contributed by atoms with Crippen molar-refractivity contribution >= 4 is 39.2 Å². The molecule has 0 bridgehead atoms. The normalized spacial score (nSPS) is 15.2. The number of piperazine rings is 1. The van der Waals surface area contributed by atoms with Gasteiger partial charge in [0, 0.05) is 33.1 Å². The van der Waals surface area contributed by atoms with Crippen molar-refractivity contribution in [2.24, 2.45) is 0 Å². The van der Waals surface area contributed by atoms with Crippen LogP contribution in [0, 0.1) is 0 Å². The van der Waals surface area contributed by atoms with Gasteiger partial charge in [0.15, 0.2) is 5.82 Å². The first kappa shape index (κ1) is 14.7. The van der Waals surface area contributed by atoms with E-state index in [-0.39, 0.29) is 11.7 Å². The van der Waals surface area contributed by atoms with Crippen LogP contribution < -0.4 is 4.90 Å². The van der Waals surface area contributed by atoms with Crippen LogP contribution >= 0.6 is 11.3 Å². The Bertz CT molecular complexity index is 722. The van der Waals surface area contributed by atoms with Crippen molar-refractivity contribution in [1.29, 1.82) is 0 Å². The number of amides is 1. The molecule has 1 aliphatic heterocycles. The van der Waals surface area contributed by atoms with Crippen molar-refractivity contribution in [2.75, 3.05) is 38.2 Å². The van der Waals surface area contributed by atoms with E-state index in [0.29, 0.717) is 26.2 Å². The van der Waals surface area contributed by atoms with Crippen molar-refractivity contribution in [3.63, 3.8) is 0 Å². The van der Waals surface area contributed by atoms with Crippen molar-refractivity contribution < 1.29 is 14.3 Å². The van der Waals surface area contributed by atoms with E-state index in [1.54, 1.807) is 18.3 Å². The summed E-state index contributed by atoms with van der Waals surface area (Å²) in [7, 11) is 1.31. The van der Waals surface area contributed by atoms with Gasteiger partial charge < -0.3 is 14.5 Å². The summed E-state index contributed by atoms with van der Waals surface area (Å²) in [6, 6.07) is 1.86. The molecule has 8 heteroatoms. The highest BCUT2D eigenvalue weighted by molar-refractivity contribution is 7.17. The minimum Gasteiger partial charge on any atom is -0.463 e. The van der Waals surface area contributed by atoms with E-state index in [9.17, 15) is 9.59 Å². The Hall–Kier alpha value is -2.22. The van der Waals surface area contributed by atoms with Gasteiger partial charge in [-0.05, 0) is 11.4 Å². The van der Waals surface area contributed by atoms with Crippen LogP contribution in [0.3, 0.4) is 0 Å². The van der Waals surface area contributed by atoms with E-state index in [1.165, 1.54) is 7.11 Å². The van der Waals surface area contributed by atoms with Crippen LogP contribution in [0.2, 0.25) is 0 Å². The van der Waals surface area contributed by atoms with Gasteiger partial charge in [0.05, 0.1) is 17.3 Å². The topological polar surface area (TPSA) is 75.6 Å². The van der Waals surface area contributed by atoms with E-state index in [0.717, 1.165) is 16.0 Å². The molecule has 116 valence electrons. The molecule has 0 aliphatic carbocycles. The predicted octanol–water partition coefficient (Wildman–Crippen LogP) is 1.15. The molecule has 1 aliphatic rings. The molecule has 0 atom stereocenters. The molecular formula is C14H16N4O3S. The van der Waals surface area contributed by atoms with Gasteiger partial charge in [-0.2, -0.15) is 0 Å². The fraction of sp³-hybridized carbons (Fsp3) is 0.429. The number of methoxy groups -OCH3 is 1. The molecule has 7 nitrogen and oxygen atoms in total. The summed E-state index contributed by atoms with van der Waals surface area (Å²) >= 11 is 1.54. The molecule has 0 N–H and O–H groups in total. The largest absolute Gasteiger partial charge is 0.463 e. The fourth-order valence-corrected chi connectivity index (χ4v) is 3.33. The summed E-state index contributed by atoms with van der Waals surface area (Å²) < 4.78 is 5.67. The van der Waals surface area contributed by atoms with Crippen molar-refractivity contribution in [2.45, 2.75) is 6.92 Å². The zero-order chi connectivity index (χ0) is 15.7. The van der Waals surface area contributed by atoms with Crippen molar-refractivity contribution in [3.8, 4) is 0 Å². The van der Waals surface area contributed by atoms with Gasteiger partial charge in [0.2, 0.25) is 11.7 Å². The number of nitrogens with zero attached hydrogens (tertiary/aromatic N) is 4. The molecule has 2 aromatic heterocycles. The monoisotopic (exact) mass is 320 g/mol. The summed E-state index contributed by atoms with van der Waals surface area (Å²) in [6.07, 6.45) is 0. The Labute approximate surface area is 131 Å². The number of ether oxygens (including phenoxy) is 1. The van der Waals surface area contributed by atoms with Crippen LogP contribution in [0.25, 0.3) is 10.2 Å². The number of esters is 1. The first-order chi connectivity index (χ1) is 10.6. The van der Waals surface area contributed by atoms with E-state index in [4.69, 9.17) is 4.74 Å². The SMILES string of the molecule is COC(=O)c1nc(N2CCN(C(C)=O)CC2)c2sccc2n1. The third kappa shape index (κ3) is 2.61. The molecule has 1 fully saturated rings. The number of aromatic nitrogens is 2. The van der Waals surface area contributed by atoms with Crippen molar-refractivity contribution in [3.05, 3.63) is 17.3 Å². The van der Waals surface area contributed by atoms with Crippen LogP contribution in [0.1, 0.15) is 17.5 Å². The first-order valence-electron chi connectivity index (χ1n) is 6.94. The Kier molecular flexibility index (Phi) is 3.93. The van der Waals surface area contributed by atoms with Gasteiger partial charge in [-0.1, -0.05) is 0 Å². The third-order valence-electron chi connectivity index (χ3n) is 3.68. The molecule has 3 rings (SSSR count). The lowest BCUT2D eigenvalue weighted by Crippen LogP contribution is -2.48. The minimum atomic E-state index is -0.545. The zero-order valence-electron chi connectivity index (χ0n) is 12.4. The number of fused-ring (bicyclic) bond motifs is 1. The van der Waals surface area contributed by atoms with Crippen molar-refractivity contribution in [1.82, 2.24) is 14.9 Å². The molecule has 0 radical (unpaired) electrons. The predicted molar refractivity (Wildman–Crippen MR) is 83.2 cm³/mol. The number of thiophene rings is 1. The lowest BCUT2D eigenvalue weighted by molar-refractivity contribution is -0.129. The van der Waals surface area contributed by atoms with Crippen LogP contribution in [0.15, 0.2) is 11.4 Å². The molecule has 0 aromatic carbocycles. The third-order valence-corrected chi connectivity index (χ3v) is 4.58. The average molecular weight is 320 g/mol. The quantitative estimate of drug-likeness (QED) is 0.773. The molecular weight excluding hydrogens is 304 g/mol. The van der Waals surface area contributed by atoms with Gasteiger partial charge >= 0.3 is 5.97 Å². The smallest absolute Gasteiger partial charge is 0.376 e. The maximum atomic E-state index is 11.7. The lowest BCUT2D eigenvalue weighted by atomic mass is 10.3. The van der Waals surface area contributed by atoms with Crippen LogP contribution in [0.5, 0.6) is 0 Å². The van der Waals surface area contributed by atoms with Gasteiger partial charge in [-0.3, -0.25) is 4.79 Å². The Morgan fingerprint density at radius 1 is 1.23 bits per heavy atom. The molecule has 2 aromatic rings. The highest BCUT2D eigenvalue weighted by Crippen LogP contribution is 2.29. The maximum absolute atomic E-state index is 11.7. The highest BCUT2D eigenvalue weighted by Gasteiger charge is 2.24. The maximum Gasteiger partial charge on any atom is 0.376 e. The van der Waals surface area contributed by atoms with Gasteiger partial charge in [-0.15, -0.1) is 11.3 Å². The second-order valence-corrected chi connectivity index (χ2v) is 5.91. The Morgan fingerprint density at radius 2 is 1.95 bits per heavy atom. The number of hydrogen-bond donors (Lipinski definition) is 0. The number of rotatable bonds is 2. The Morgan fingerprint density at radius 3 is 2.59 bits per heavy atom. The van der Waals surface area contributed by atoms with Crippen LogP contribution in [0.4, 0.5) is 5.82 Å². The molecule has 3 heterocycles. The summed E-state index contributed by atoms with van der Waals surface area (Å²) in [5, 5.41) is 1.93. The highest BCUT2D eigenvalue weighted by atomic mass is 32.1. The summed E-state index contributed by atoms with van der Waals surface area (Å²) in [4.78, 5) is 35.7. The molecule has 1 amide bonds. The van der Waals surface area contributed by atoms with E-state index in [2.05, 4.69) is 14.9 Å². The van der Waals surface area contributed by atoms with Gasteiger partial charge in [-0.25, -0.2) is 14.8 Å². The number of carbonyl (C=O) groups excluding carboxylic acids is 2. The standard InChI is InChI=1S/C14H16N4O3S/c1-9(19)17-4-6-18(7-5-17)13-11-10(3-8-22-11)15-12(16-13)14(20)21-2/h3,8H,4-7H2,1-2H3. The summed E-state index contributed by atoms with van der Waals surface area (Å²) in [6.45, 7) is 4.25. The van der Waals surface area contributed by atoms with E-state index < -0.39 is 5.97 Å². The molecule has 1 saturated heterocycles. The van der Waals surface area contributed by atoms with Crippen LogP contribution in [-0.4, -0.2) is 60.0 Å². The number of carbonyl (C=O) groups is 2.